The third-order valence-electron chi connectivity index (χ3n) is 5.92. The second-order valence-corrected chi connectivity index (χ2v) is 10.1. The summed E-state index contributed by atoms with van der Waals surface area (Å²) in [5.74, 6) is 6.40. The number of benzene rings is 4. The van der Waals surface area contributed by atoms with Gasteiger partial charge in [-0.15, -0.1) is 5.10 Å². The molecule has 5 rings (SSSR count). The topological polar surface area (TPSA) is 76.9 Å². The van der Waals surface area contributed by atoms with Gasteiger partial charge < -0.3 is 0 Å². The van der Waals surface area contributed by atoms with Crippen LogP contribution in [0.4, 0.5) is 0 Å². The Bertz CT molecular complexity index is 1670. The summed E-state index contributed by atoms with van der Waals surface area (Å²) < 4.78 is 31.2. The van der Waals surface area contributed by atoms with Gasteiger partial charge in [0.2, 0.25) is 10.0 Å². The van der Waals surface area contributed by atoms with Gasteiger partial charge in [0.05, 0.1) is 10.4 Å². The van der Waals surface area contributed by atoms with Gasteiger partial charge in [0.15, 0.2) is 0 Å². The van der Waals surface area contributed by atoms with E-state index in [-0.39, 0.29) is 10.9 Å². The van der Waals surface area contributed by atoms with Gasteiger partial charge in [-0.05, 0) is 54.4 Å². The molecule has 0 aliphatic rings. The van der Waals surface area contributed by atoms with E-state index >= 15 is 0 Å². The number of fused-ring (bicyclic) bond motifs is 2. The maximum atomic E-state index is 13.3. The summed E-state index contributed by atoms with van der Waals surface area (Å²) in [6, 6.07) is 27.1. The van der Waals surface area contributed by atoms with Crippen LogP contribution >= 0.6 is 0 Å². The number of hydrogen-bond donors (Lipinski definition) is 1. The minimum atomic E-state index is -3.82. The van der Waals surface area contributed by atoms with Crippen molar-refractivity contribution in [2.24, 2.45) is 0 Å². The molecule has 7 heteroatoms. The SMILES string of the molecule is Cc1ccc(S(=O)(=O)NC(C#CC(C)n2nnc3ccccc32)c2cccc3ccccc23)cc1. The van der Waals surface area contributed by atoms with Crippen molar-refractivity contribution in [1.29, 1.82) is 0 Å². The van der Waals surface area contributed by atoms with Crippen molar-refractivity contribution in [2.75, 3.05) is 0 Å². The number of hydrogen-bond acceptors (Lipinski definition) is 4. The fraction of sp³-hybridized carbons (Fsp3) is 0.143. The lowest BCUT2D eigenvalue weighted by Crippen LogP contribution is -2.28. The van der Waals surface area contributed by atoms with Crippen molar-refractivity contribution < 1.29 is 8.42 Å². The lowest BCUT2D eigenvalue weighted by molar-refractivity contribution is 0.574. The normalized spacial score (nSPS) is 13.3. The predicted octanol–water partition coefficient (Wildman–Crippen LogP) is 5.18. The summed E-state index contributed by atoms with van der Waals surface area (Å²) in [6.45, 7) is 3.84. The summed E-state index contributed by atoms with van der Waals surface area (Å²) >= 11 is 0. The van der Waals surface area contributed by atoms with Crippen LogP contribution in [0.2, 0.25) is 0 Å². The first kappa shape index (κ1) is 22.8. The molecule has 2 atom stereocenters. The minimum absolute atomic E-state index is 0.199. The molecule has 4 aromatic carbocycles. The molecule has 0 aliphatic heterocycles. The van der Waals surface area contributed by atoms with Crippen molar-refractivity contribution >= 4 is 31.8 Å². The molecule has 1 heterocycles. The number of nitrogens with one attached hydrogen (secondary N) is 1. The predicted molar refractivity (Wildman–Crippen MR) is 138 cm³/mol. The molecule has 5 aromatic rings. The van der Waals surface area contributed by atoms with Crippen LogP contribution in [0.1, 0.15) is 30.1 Å². The minimum Gasteiger partial charge on any atom is -0.230 e. The van der Waals surface area contributed by atoms with Gasteiger partial charge in [-0.2, -0.15) is 4.72 Å². The molecule has 0 saturated carbocycles. The lowest BCUT2D eigenvalue weighted by Gasteiger charge is -2.17. The Hall–Kier alpha value is -3.99. The molecule has 174 valence electrons. The van der Waals surface area contributed by atoms with Crippen LogP contribution in [0.5, 0.6) is 0 Å². The van der Waals surface area contributed by atoms with Gasteiger partial charge in [0.1, 0.15) is 17.6 Å². The Morgan fingerprint density at radius 3 is 2.40 bits per heavy atom. The molecule has 0 radical (unpaired) electrons. The van der Waals surface area contributed by atoms with Gasteiger partial charge >= 0.3 is 0 Å². The molecule has 0 spiro atoms. The average Bonchev–Trinajstić information content (AvgIpc) is 3.31. The molecule has 6 nitrogen and oxygen atoms in total. The molecular weight excluding hydrogens is 456 g/mol. The van der Waals surface area contributed by atoms with Crippen LogP contribution < -0.4 is 4.72 Å². The molecular formula is C28H24N4O2S. The van der Waals surface area contributed by atoms with Crippen molar-refractivity contribution in [3.05, 3.63) is 102 Å². The van der Waals surface area contributed by atoms with Crippen molar-refractivity contribution in [1.82, 2.24) is 19.7 Å². The van der Waals surface area contributed by atoms with E-state index in [4.69, 9.17) is 0 Å². The van der Waals surface area contributed by atoms with Crippen LogP contribution in [0.15, 0.2) is 95.9 Å². The molecule has 0 fully saturated rings. The Kier molecular flexibility index (Phi) is 6.08. The Morgan fingerprint density at radius 2 is 1.57 bits per heavy atom. The average molecular weight is 481 g/mol. The van der Waals surface area contributed by atoms with E-state index in [0.717, 1.165) is 32.9 Å². The van der Waals surface area contributed by atoms with E-state index < -0.39 is 16.1 Å². The summed E-state index contributed by atoms with van der Waals surface area (Å²) in [7, 11) is -3.82. The number of aryl methyl sites for hydroxylation is 1. The number of para-hydroxylation sites is 1. The fourth-order valence-electron chi connectivity index (χ4n) is 4.05. The monoisotopic (exact) mass is 480 g/mol. The molecule has 0 saturated heterocycles. The third kappa shape index (κ3) is 4.67. The smallest absolute Gasteiger partial charge is 0.230 e. The summed E-state index contributed by atoms with van der Waals surface area (Å²) in [4.78, 5) is 0.199. The van der Waals surface area contributed by atoms with Gasteiger partial charge in [-0.3, -0.25) is 0 Å². The van der Waals surface area contributed by atoms with E-state index in [9.17, 15) is 8.42 Å². The van der Waals surface area contributed by atoms with Crippen LogP contribution in [0.25, 0.3) is 21.8 Å². The Morgan fingerprint density at radius 1 is 0.857 bits per heavy atom. The molecule has 1 aromatic heterocycles. The highest BCUT2D eigenvalue weighted by Gasteiger charge is 2.22. The van der Waals surface area contributed by atoms with Crippen LogP contribution in [0.3, 0.4) is 0 Å². The van der Waals surface area contributed by atoms with E-state index in [1.165, 1.54) is 0 Å². The maximum Gasteiger partial charge on any atom is 0.241 e. The zero-order valence-electron chi connectivity index (χ0n) is 19.4. The number of aromatic nitrogens is 3. The number of sulfonamides is 1. The van der Waals surface area contributed by atoms with Crippen molar-refractivity contribution in [3.8, 4) is 11.8 Å². The highest BCUT2D eigenvalue weighted by molar-refractivity contribution is 7.89. The van der Waals surface area contributed by atoms with Gasteiger partial charge in [-0.1, -0.05) is 89.3 Å². The van der Waals surface area contributed by atoms with E-state index in [1.807, 2.05) is 80.6 Å². The zero-order chi connectivity index (χ0) is 24.4. The summed E-state index contributed by atoms with van der Waals surface area (Å²) in [6.07, 6.45) is 0. The highest BCUT2D eigenvalue weighted by Crippen LogP contribution is 2.26. The quantitative estimate of drug-likeness (QED) is 0.352. The maximum absolute atomic E-state index is 13.3. The number of rotatable bonds is 5. The molecule has 1 N–H and O–H groups in total. The molecule has 2 unspecified atom stereocenters. The van der Waals surface area contributed by atoms with Crippen molar-refractivity contribution in [3.63, 3.8) is 0 Å². The van der Waals surface area contributed by atoms with E-state index in [2.05, 4.69) is 26.9 Å². The van der Waals surface area contributed by atoms with Crippen LogP contribution in [-0.4, -0.2) is 23.4 Å². The van der Waals surface area contributed by atoms with E-state index in [1.54, 1.807) is 28.9 Å². The fourth-order valence-corrected chi connectivity index (χ4v) is 5.18. The molecule has 0 aliphatic carbocycles. The van der Waals surface area contributed by atoms with Crippen molar-refractivity contribution in [2.45, 2.75) is 30.8 Å². The lowest BCUT2D eigenvalue weighted by atomic mass is 9.99. The highest BCUT2D eigenvalue weighted by atomic mass is 32.2. The van der Waals surface area contributed by atoms with Gasteiger partial charge in [0.25, 0.3) is 0 Å². The summed E-state index contributed by atoms with van der Waals surface area (Å²) in [5, 5.41) is 10.4. The zero-order valence-corrected chi connectivity index (χ0v) is 20.2. The van der Waals surface area contributed by atoms with Crippen LogP contribution in [-0.2, 0) is 10.0 Å². The second-order valence-electron chi connectivity index (χ2n) is 8.42. The number of nitrogens with zero attached hydrogens (tertiary/aromatic N) is 3. The summed E-state index contributed by atoms with van der Waals surface area (Å²) in [5.41, 5.74) is 3.44. The third-order valence-corrected chi connectivity index (χ3v) is 7.36. The Balaban J connectivity index is 1.57. The first-order valence-corrected chi connectivity index (χ1v) is 12.8. The molecule has 35 heavy (non-hydrogen) atoms. The largest absolute Gasteiger partial charge is 0.241 e. The molecule has 0 bridgehead atoms. The first-order valence-electron chi connectivity index (χ1n) is 11.3. The van der Waals surface area contributed by atoms with Crippen LogP contribution in [0, 0.1) is 18.8 Å². The van der Waals surface area contributed by atoms with Gasteiger partial charge in [0, 0.05) is 0 Å². The Labute approximate surface area is 204 Å². The second kappa shape index (κ2) is 9.34. The van der Waals surface area contributed by atoms with E-state index in [0.29, 0.717) is 0 Å². The first-order chi connectivity index (χ1) is 16.9. The standard InChI is InChI=1S/C28H24N4O2S/c1-20-14-17-23(18-15-20)35(33,34)30-26(25-11-7-9-22-8-3-4-10-24(22)25)19-16-21(2)32-28-13-6-5-12-27(28)29-31-32/h3-15,17-18,21,26,30H,1-2H3. The molecule has 0 amide bonds. The van der Waals surface area contributed by atoms with Gasteiger partial charge in [-0.25, -0.2) is 13.1 Å².